The summed E-state index contributed by atoms with van der Waals surface area (Å²) in [6.45, 7) is 4.22. The molecule has 4 rings (SSSR count). The van der Waals surface area contributed by atoms with E-state index in [2.05, 4.69) is 56.3 Å². The fourth-order valence-corrected chi connectivity index (χ4v) is 4.97. The van der Waals surface area contributed by atoms with Gasteiger partial charge in [0.2, 0.25) is 0 Å². The molecule has 0 radical (unpaired) electrons. The van der Waals surface area contributed by atoms with Crippen LogP contribution in [0.2, 0.25) is 0 Å². The molecule has 2 aliphatic rings. The molecule has 0 N–H and O–H groups in total. The van der Waals surface area contributed by atoms with Crippen LogP contribution >= 0.6 is 27.7 Å². The molecule has 7 nitrogen and oxygen atoms in total. The lowest BCUT2D eigenvalue weighted by atomic mass is 10.1. The summed E-state index contributed by atoms with van der Waals surface area (Å²) in [6, 6.07) is 8.71. The molecular formula is C14H16BrClN2O5S. The molecule has 132 valence electrons. The molecule has 2 aliphatic heterocycles. The molecule has 0 saturated carbocycles. The largest absolute Gasteiger partial charge is 0.369 e. The highest BCUT2D eigenvalue weighted by Gasteiger charge is 2.45. The Kier molecular flexibility index (Phi) is 5.16. The van der Waals surface area contributed by atoms with Gasteiger partial charge in [-0.25, -0.2) is 27.8 Å². The minimum Gasteiger partial charge on any atom is -0.369 e. The van der Waals surface area contributed by atoms with Gasteiger partial charge in [0.1, 0.15) is 18.2 Å². The zero-order valence-electron chi connectivity index (χ0n) is 12.8. The molecule has 2 atom stereocenters. The number of nitrogens with zero attached hydrogens (tertiary/aromatic N) is 2. The van der Waals surface area contributed by atoms with E-state index in [1.54, 1.807) is 0 Å². The number of fused-ring (bicyclic) bond motifs is 3. The summed E-state index contributed by atoms with van der Waals surface area (Å²) in [5.41, 5.74) is 2.83. The van der Waals surface area contributed by atoms with Gasteiger partial charge < -0.3 is 4.74 Å². The summed E-state index contributed by atoms with van der Waals surface area (Å²) in [6.07, 6.45) is 0.414. The summed E-state index contributed by atoms with van der Waals surface area (Å²) in [5.74, 6) is 1.13. The lowest BCUT2D eigenvalue weighted by Gasteiger charge is -2.17. The third kappa shape index (κ3) is 3.88. The Balaban J connectivity index is 0.000000300. The van der Waals surface area contributed by atoms with E-state index in [1.165, 1.54) is 16.2 Å². The highest BCUT2D eigenvalue weighted by molar-refractivity contribution is 9.09. The number of rotatable bonds is 3. The smallest absolute Gasteiger partial charge is 0.319 e. The Morgan fingerprint density at radius 2 is 2.00 bits per heavy atom. The third-order valence-electron chi connectivity index (χ3n) is 3.96. The van der Waals surface area contributed by atoms with Gasteiger partial charge in [0.15, 0.2) is 11.0 Å². The van der Waals surface area contributed by atoms with E-state index in [-0.39, 0.29) is 5.54 Å². The molecule has 1 saturated heterocycles. The molecule has 0 spiro atoms. The number of ether oxygens (including phenoxy) is 1. The van der Waals surface area contributed by atoms with Gasteiger partial charge in [0.25, 0.3) is 0 Å². The van der Waals surface area contributed by atoms with Crippen LogP contribution < -0.4 is 23.2 Å². The number of thioether (sulfide) groups is 1. The number of epoxide rings is 1. The van der Waals surface area contributed by atoms with Crippen LogP contribution in [-0.4, -0.2) is 28.4 Å². The molecule has 1 aromatic carbocycles. The average molecular weight is 440 g/mol. The summed E-state index contributed by atoms with van der Waals surface area (Å²) in [7, 11) is -4.94. The zero-order valence-corrected chi connectivity index (χ0v) is 16.0. The van der Waals surface area contributed by atoms with Crippen molar-refractivity contribution in [3.05, 3.63) is 24.3 Å². The number of hydrogen-bond donors (Lipinski definition) is 0. The molecule has 1 fully saturated rings. The minimum absolute atomic E-state index is 0.162. The molecule has 10 heteroatoms. The summed E-state index contributed by atoms with van der Waals surface area (Å²) in [4.78, 5) is 0. The lowest BCUT2D eigenvalue weighted by Crippen LogP contribution is -2.68. The van der Waals surface area contributed by atoms with Gasteiger partial charge in [-0.15, -0.1) is 10.2 Å². The summed E-state index contributed by atoms with van der Waals surface area (Å²) in [5, 5.41) is 2.36. The zero-order chi connectivity index (χ0) is 17.5. The maximum atomic E-state index is 8.49. The first-order chi connectivity index (χ1) is 11.2. The number of alkyl halides is 1. The second-order valence-corrected chi connectivity index (χ2v) is 8.23. The van der Waals surface area contributed by atoms with Crippen molar-refractivity contribution in [2.45, 2.75) is 30.3 Å². The quantitative estimate of drug-likeness (QED) is 0.304. The number of aromatic nitrogens is 2. The van der Waals surface area contributed by atoms with E-state index >= 15 is 0 Å². The maximum absolute atomic E-state index is 8.49. The van der Waals surface area contributed by atoms with E-state index < -0.39 is 10.2 Å². The number of halogens is 2. The van der Waals surface area contributed by atoms with Gasteiger partial charge >= 0.3 is 5.16 Å². The number of hydrogen-bond acceptors (Lipinski definition) is 6. The van der Waals surface area contributed by atoms with Gasteiger partial charge in [-0.3, -0.25) is 0 Å². The van der Waals surface area contributed by atoms with Gasteiger partial charge in [-0.2, -0.15) is 0 Å². The second kappa shape index (κ2) is 6.73. The van der Waals surface area contributed by atoms with Crippen LogP contribution in [0, 0.1) is 10.2 Å². The van der Waals surface area contributed by atoms with Crippen LogP contribution in [0.15, 0.2) is 29.4 Å². The summed E-state index contributed by atoms with van der Waals surface area (Å²) >= 11 is 5.65. The van der Waals surface area contributed by atoms with Crippen molar-refractivity contribution in [2.24, 2.45) is 0 Å². The van der Waals surface area contributed by atoms with E-state index in [1.807, 2.05) is 11.8 Å². The predicted octanol–water partition coefficient (Wildman–Crippen LogP) is -2.21. The van der Waals surface area contributed by atoms with Gasteiger partial charge in [-0.05, 0) is 30.8 Å². The van der Waals surface area contributed by atoms with Gasteiger partial charge in [-0.1, -0.05) is 28.1 Å². The fourth-order valence-electron chi connectivity index (χ4n) is 2.81. The van der Waals surface area contributed by atoms with Crippen molar-refractivity contribution in [3.8, 4) is 0 Å². The molecule has 24 heavy (non-hydrogen) atoms. The SMILES string of the molecule is CC1(CBr)CSc2n1c1ccccc1[n+]2CC1CO1.[O-][Cl+3]([O-])([O-])[O-]. The molecule has 0 aliphatic carbocycles. The highest BCUT2D eigenvalue weighted by Crippen LogP contribution is 2.40. The molecule has 1 aromatic heterocycles. The maximum Gasteiger partial charge on any atom is 0.319 e. The molecule has 3 heterocycles. The lowest BCUT2D eigenvalue weighted by molar-refractivity contribution is -2.00. The molecule has 0 bridgehead atoms. The van der Waals surface area contributed by atoms with Crippen LogP contribution in [-0.2, 0) is 16.8 Å². The Labute approximate surface area is 153 Å². The second-order valence-electron chi connectivity index (χ2n) is 5.97. The first-order valence-corrected chi connectivity index (χ1v) is 10.5. The Morgan fingerprint density at radius 1 is 1.38 bits per heavy atom. The Hall–Kier alpha value is -0.390. The first kappa shape index (κ1) is 18.4. The van der Waals surface area contributed by atoms with Crippen molar-refractivity contribution in [1.82, 2.24) is 4.57 Å². The van der Waals surface area contributed by atoms with E-state index in [4.69, 9.17) is 23.4 Å². The van der Waals surface area contributed by atoms with Gasteiger partial charge in [0, 0.05) is 11.1 Å². The van der Waals surface area contributed by atoms with Crippen molar-refractivity contribution in [3.63, 3.8) is 0 Å². The van der Waals surface area contributed by atoms with E-state index in [9.17, 15) is 0 Å². The minimum atomic E-state index is -4.94. The standard InChI is InChI=1S/C14H16BrN2OS.ClHO4/c1-14(8-15)9-19-13-16(6-10-7-18-10)11-4-2-3-5-12(11)17(13)14;2-1(3,4)5/h2-5,10H,6-9H2,1H3;(H,2,3,4,5)/q+1;/p-1. The number of para-hydroxylation sites is 2. The molecule has 0 amide bonds. The Bertz CT molecular complexity index is 743. The van der Waals surface area contributed by atoms with E-state index in [0.717, 1.165) is 24.2 Å². The predicted molar refractivity (Wildman–Crippen MR) is 80.0 cm³/mol. The molecule has 2 unspecified atom stereocenters. The summed E-state index contributed by atoms with van der Waals surface area (Å²) < 4.78 is 44.3. The van der Waals surface area contributed by atoms with Crippen molar-refractivity contribution < 1.29 is 38.2 Å². The monoisotopic (exact) mass is 438 g/mol. The average Bonchev–Trinajstić information content (AvgIpc) is 3.17. The topological polar surface area (TPSA) is 114 Å². The van der Waals surface area contributed by atoms with Crippen LogP contribution in [0.1, 0.15) is 6.92 Å². The molecular weight excluding hydrogens is 424 g/mol. The van der Waals surface area contributed by atoms with Crippen LogP contribution in [0.5, 0.6) is 0 Å². The fraction of sp³-hybridized carbons (Fsp3) is 0.500. The number of imidazole rings is 1. The van der Waals surface area contributed by atoms with Crippen molar-refractivity contribution in [2.75, 3.05) is 17.7 Å². The van der Waals surface area contributed by atoms with Crippen molar-refractivity contribution >= 4 is 38.7 Å². The molecule has 2 aromatic rings. The third-order valence-corrected chi connectivity index (χ3v) is 6.60. The Morgan fingerprint density at radius 3 is 2.58 bits per heavy atom. The van der Waals surface area contributed by atoms with E-state index in [0.29, 0.717) is 6.10 Å². The van der Waals surface area contributed by atoms with Crippen LogP contribution in [0.3, 0.4) is 0 Å². The van der Waals surface area contributed by atoms with Crippen molar-refractivity contribution in [1.29, 1.82) is 0 Å². The first-order valence-electron chi connectivity index (χ1n) is 7.19. The normalized spacial score (nSPS) is 25.3. The van der Waals surface area contributed by atoms with Gasteiger partial charge in [0.05, 0.1) is 6.61 Å². The van der Waals surface area contributed by atoms with Crippen LogP contribution in [0.4, 0.5) is 0 Å². The van der Waals surface area contributed by atoms with Crippen LogP contribution in [0.25, 0.3) is 11.0 Å². The highest BCUT2D eigenvalue weighted by atomic mass is 79.9. The number of benzene rings is 1.